The largest absolute Gasteiger partial charge is 0.253 e. The Morgan fingerprint density at radius 1 is 1.44 bits per heavy atom. The van der Waals surface area contributed by atoms with Crippen LogP contribution in [0, 0.1) is 5.92 Å². The van der Waals surface area contributed by atoms with Gasteiger partial charge in [-0.25, -0.2) is 8.42 Å². The summed E-state index contributed by atoms with van der Waals surface area (Å²) in [5.41, 5.74) is 0. The molecule has 3 nitrogen and oxygen atoms in total. The molecule has 1 aliphatic rings. The molecule has 2 rings (SSSR count). The van der Waals surface area contributed by atoms with Gasteiger partial charge in [0.15, 0.2) is 0 Å². The summed E-state index contributed by atoms with van der Waals surface area (Å²) >= 11 is 4.59. The second-order valence-corrected chi connectivity index (χ2v) is 8.60. The molecule has 1 aromatic rings. The van der Waals surface area contributed by atoms with E-state index < -0.39 is 10.0 Å². The molecule has 0 radical (unpaired) electrons. The third-order valence-electron chi connectivity index (χ3n) is 3.43. The maximum Gasteiger partial charge on any atom is 0.253 e. The van der Waals surface area contributed by atoms with Crippen molar-refractivity contribution in [2.75, 3.05) is 13.1 Å². The fourth-order valence-corrected chi connectivity index (χ4v) is 6.35. The molecule has 1 aliphatic heterocycles. The lowest BCUT2D eigenvalue weighted by Gasteiger charge is -2.30. The van der Waals surface area contributed by atoms with Gasteiger partial charge in [-0.3, -0.25) is 0 Å². The third-order valence-corrected chi connectivity index (χ3v) is 7.97. The molecule has 0 spiro atoms. The number of sulfonamides is 1. The monoisotopic (exact) mass is 351 g/mol. The molecule has 1 saturated heterocycles. The Morgan fingerprint density at radius 3 is 2.61 bits per heavy atom. The van der Waals surface area contributed by atoms with Crippen LogP contribution in [0.15, 0.2) is 20.1 Å². The van der Waals surface area contributed by atoms with Crippen molar-refractivity contribution in [3.63, 3.8) is 0 Å². The summed E-state index contributed by atoms with van der Waals surface area (Å²) < 4.78 is 27.6. The minimum atomic E-state index is -3.28. The Balaban J connectivity index is 2.08. The molecule has 0 saturated carbocycles. The number of hydrogen-bond donors (Lipinski definition) is 0. The lowest BCUT2D eigenvalue weighted by Crippen LogP contribution is -2.38. The van der Waals surface area contributed by atoms with Gasteiger partial charge in [-0.05, 0) is 46.1 Å². The van der Waals surface area contributed by atoms with Crippen molar-refractivity contribution >= 4 is 37.3 Å². The van der Waals surface area contributed by atoms with Gasteiger partial charge in [-0.2, -0.15) is 4.31 Å². The predicted molar refractivity (Wildman–Crippen MR) is 78.4 cm³/mol. The van der Waals surface area contributed by atoms with E-state index in [1.807, 2.05) is 0 Å². The standard InChI is InChI=1S/C12H18BrNO2S2/c1-2-3-10-4-7-14(8-5-10)18(15,16)12-11(13)6-9-17-12/h6,9-10H,2-5,7-8H2,1H3. The van der Waals surface area contributed by atoms with Gasteiger partial charge in [0, 0.05) is 17.6 Å². The average Bonchev–Trinajstić information content (AvgIpc) is 2.77. The van der Waals surface area contributed by atoms with Gasteiger partial charge < -0.3 is 0 Å². The van der Waals surface area contributed by atoms with Crippen LogP contribution in [-0.2, 0) is 10.0 Å². The highest BCUT2D eigenvalue weighted by Crippen LogP contribution is 2.32. The molecule has 1 fully saturated rings. The minimum Gasteiger partial charge on any atom is -0.206 e. The van der Waals surface area contributed by atoms with E-state index in [9.17, 15) is 8.42 Å². The Hall–Kier alpha value is 0.0900. The van der Waals surface area contributed by atoms with E-state index in [2.05, 4.69) is 22.9 Å². The van der Waals surface area contributed by atoms with Crippen molar-refractivity contribution in [3.05, 3.63) is 15.9 Å². The number of hydrogen-bond acceptors (Lipinski definition) is 3. The number of thiophene rings is 1. The Kier molecular flexibility index (Phi) is 4.86. The number of piperidine rings is 1. The Morgan fingerprint density at radius 2 is 2.11 bits per heavy atom. The maximum atomic E-state index is 12.4. The molecule has 1 aromatic heterocycles. The van der Waals surface area contributed by atoms with Gasteiger partial charge in [0.1, 0.15) is 4.21 Å². The molecule has 0 bridgehead atoms. The van der Waals surface area contributed by atoms with Crippen LogP contribution in [0.25, 0.3) is 0 Å². The molecule has 0 aliphatic carbocycles. The summed E-state index contributed by atoms with van der Waals surface area (Å²) in [7, 11) is -3.28. The molecular weight excluding hydrogens is 334 g/mol. The molecule has 0 unspecified atom stereocenters. The van der Waals surface area contributed by atoms with Gasteiger partial charge in [-0.1, -0.05) is 19.8 Å². The highest BCUT2D eigenvalue weighted by atomic mass is 79.9. The average molecular weight is 352 g/mol. The minimum absolute atomic E-state index is 0.441. The molecule has 0 aromatic carbocycles. The third kappa shape index (κ3) is 2.98. The molecule has 0 atom stereocenters. The van der Waals surface area contributed by atoms with E-state index in [4.69, 9.17) is 0 Å². The van der Waals surface area contributed by atoms with Gasteiger partial charge >= 0.3 is 0 Å². The van der Waals surface area contributed by atoms with Gasteiger partial charge in [-0.15, -0.1) is 11.3 Å². The summed E-state index contributed by atoms with van der Waals surface area (Å²) in [5.74, 6) is 0.702. The van der Waals surface area contributed by atoms with Crippen LogP contribution in [0.5, 0.6) is 0 Å². The maximum absolute atomic E-state index is 12.4. The lowest BCUT2D eigenvalue weighted by molar-refractivity contribution is 0.262. The van der Waals surface area contributed by atoms with Crippen molar-refractivity contribution < 1.29 is 8.42 Å². The first-order chi connectivity index (χ1) is 8.55. The molecule has 0 N–H and O–H groups in total. The SMILES string of the molecule is CCCC1CCN(S(=O)(=O)c2sccc2Br)CC1. The van der Waals surface area contributed by atoms with E-state index in [0.29, 0.717) is 27.7 Å². The van der Waals surface area contributed by atoms with Crippen molar-refractivity contribution in [1.82, 2.24) is 4.31 Å². The summed E-state index contributed by atoms with van der Waals surface area (Å²) in [6.45, 7) is 3.51. The fourth-order valence-electron chi connectivity index (χ4n) is 2.43. The van der Waals surface area contributed by atoms with Crippen LogP contribution in [-0.4, -0.2) is 25.8 Å². The lowest BCUT2D eigenvalue weighted by atomic mass is 9.94. The summed E-state index contributed by atoms with van der Waals surface area (Å²) in [5, 5.41) is 1.81. The first-order valence-corrected chi connectivity index (χ1v) is 9.40. The van der Waals surface area contributed by atoms with Gasteiger partial charge in [0.05, 0.1) is 0 Å². The topological polar surface area (TPSA) is 37.4 Å². The number of nitrogens with zero attached hydrogens (tertiary/aromatic N) is 1. The van der Waals surface area contributed by atoms with Crippen molar-refractivity contribution in [3.8, 4) is 0 Å². The fraction of sp³-hybridized carbons (Fsp3) is 0.667. The van der Waals surface area contributed by atoms with E-state index in [1.54, 1.807) is 15.8 Å². The van der Waals surface area contributed by atoms with Crippen LogP contribution < -0.4 is 0 Å². The van der Waals surface area contributed by atoms with E-state index in [0.717, 1.165) is 12.8 Å². The molecule has 2 heterocycles. The molecule has 102 valence electrons. The van der Waals surface area contributed by atoms with Crippen LogP contribution >= 0.6 is 27.3 Å². The van der Waals surface area contributed by atoms with Crippen LogP contribution in [0.2, 0.25) is 0 Å². The highest BCUT2D eigenvalue weighted by molar-refractivity contribution is 9.10. The van der Waals surface area contributed by atoms with Gasteiger partial charge in [0.25, 0.3) is 10.0 Å². The molecule has 6 heteroatoms. The van der Waals surface area contributed by atoms with Crippen molar-refractivity contribution in [2.24, 2.45) is 5.92 Å². The van der Waals surface area contributed by atoms with E-state index >= 15 is 0 Å². The molecule has 0 amide bonds. The first kappa shape index (κ1) is 14.5. The smallest absolute Gasteiger partial charge is 0.206 e. The quantitative estimate of drug-likeness (QED) is 0.828. The molecular formula is C12H18BrNO2S2. The number of halogens is 1. The summed E-state index contributed by atoms with van der Waals surface area (Å²) in [6.07, 6.45) is 4.40. The normalized spacial score (nSPS) is 19.2. The van der Waals surface area contributed by atoms with Crippen LogP contribution in [0.4, 0.5) is 0 Å². The Bertz CT molecular complexity index is 490. The van der Waals surface area contributed by atoms with Gasteiger partial charge in [0.2, 0.25) is 0 Å². The van der Waals surface area contributed by atoms with E-state index in [-0.39, 0.29) is 0 Å². The second kappa shape index (κ2) is 6.03. The van der Waals surface area contributed by atoms with Crippen molar-refractivity contribution in [1.29, 1.82) is 0 Å². The first-order valence-electron chi connectivity index (χ1n) is 6.29. The van der Waals surface area contributed by atoms with Crippen LogP contribution in [0.1, 0.15) is 32.6 Å². The number of rotatable bonds is 4. The highest BCUT2D eigenvalue weighted by Gasteiger charge is 2.31. The Labute approximate surface area is 121 Å². The zero-order valence-electron chi connectivity index (χ0n) is 10.4. The second-order valence-electron chi connectivity index (χ2n) is 4.69. The molecule has 18 heavy (non-hydrogen) atoms. The van der Waals surface area contributed by atoms with Crippen molar-refractivity contribution in [2.45, 2.75) is 36.8 Å². The zero-order chi connectivity index (χ0) is 13.2. The predicted octanol–water partition coefficient (Wildman–Crippen LogP) is 3.71. The van der Waals surface area contributed by atoms with Crippen LogP contribution in [0.3, 0.4) is 0 Å². The summed E-state index contributed by atoms with van der Waals surface area (Å²) in [4.78, 5) is 0. The zero-order valence-corrected chi connectivity index (χ0v) is 13.7. The summed E-state index contributed by atoms with van der Waals surface area (Å²) in [6, 6.07) is 1.79. The van der Waals surface area contributed by atoms with E-state index in [1.165, 1.54) is 24.2 Å².